The van der Waals surface area contributed by atoms with Crippen LogP contribution in [-0.4, -0.2) is 18.9 Å². The van der Waals surface area contributed by atoms with E-state index in [1.807, 2.05) is 30.3 Å². The lowest BCUT2D eigenvalue weighted by atomic mass is 10.0. The Kier molecular flexibility index (Phi) is 5.56. The molecule has 7 heteroatoms. The molecule has 30 heavy (non-hydrogen) atoms. The molecule has 3 aromatic rings. The second kappa shape index (κ2) is 8.15. The quantitative estimate of drug-likeness (QED) is 0.447. The van der Waals surface area contributed by atoms with Crippen molar-refractivity contribution in [1.29, 1.82) is 0 Å². The van der Waals surface area contributed by atoms with Gasteiger partial charge in [0.25, 0.3) is 11.8 Å². The van der Waals surface area contributed by atoms with E-state index >= 15 is 0 Å². The molecule has 0 saturated heterocycles. The number of benzene rings is 3. The lowest BCUT2D eigenvalue weighted by Gasteiger charge is -2.21. The van der Waals surface area contributed by atoms with Crippen LogP contribution in [0.2, 0.25) is 15.1 Å². The number of hydrogen-bond acceptors (Lipinski definition) is 3. The monoisotopic (exact) mass is 456 g/mol. The minimum Gasteiger partial charge on any atom is -0.339 e. The van der Waals surface area contributed by atoms with E-state index in [0.717, 1.165) is 10.6 Å². The summed E-state index contributed by atoms with van der Waals surface area (Å²) in [6.07, 6.45) is 0. The molecular weight excluding hydrogens is 443 g/mol. The van der Waals surface area contributed by atoms with Crippen molar-refractivity contribution in [2.45, 2.75) is 0 Å². The molecular formula is C23H15Cl3N2O2. The highest BCUT2D eigenvalue weighted by atomic mass is 35.5. The number of likely N-dealkylation sites (N-methyl/N-ethyl adjacent to an activating group) is 1. The normalized spacial score (nSPS) is 13.9. The fourth-order valence-corrected chi connectivity index (χ4v) is 4.08. The van der Waals surface area contributed by atoms with Gasteiger partial charge >= 0.3 is 0 Å². The summed E-state index contributed by atoms with van der Waals surface area (Å²) in [6.45, 7) is 0. The Morgan fingerprint density at radius 2 is 1.47 bits per heavy atom. The Bertz CT molecular complexity index is 1190. The van der Waals surface area contributed by atoms with Crippen molar-refractivity contribution in [2.75, 3.05) is 16.8 Å². The number of imide groups is 1. The maximum absolute atomic E-state index is 13.5. The molecule has 0 spiro atoms. The summed E-state index contributed by atoms with van der Waals surface area (Å²) in [5, 5.41) is 1.14. The molecule has 0 aromatic heterocycles. The van der Waals surface area contributed by atoms with Crippen LogP contribution in [-0.2, 0) is 9.59 Å². The first-order valence-electron chi connectivity index (χ1n) is 9.01. The van der Waals surface area contributed by atoms with Gasteiger partial charge in [0.2, 0.25) is 0 Å². The maximum atomic E-state index is 13.5. The Balaban J connectivity index is 1.92. The van der Waals surface area contributed by atoms with Gasteiger partial charge in [0.1, 0.15) is 5.70 Å². The highest BCUT2D eigenvalue weighted by molar-refractivity contribution is 6.48. The van der Waals surface area contributed by atoms with Crippen molar-refractivity contribution in [3.8, 4) is 0 Å². The van der Waals surface area contributed by atoms with Gasteiger partial charge in [-0.05, 0) is 42.5 Å². The minimum atomic E-state index is -0.482. The first-order valence-corrected chi connectivity index (χ1v) is 10.1. The van der Waals surface area contributed by atoms with Crippen molar-refractivity contribution in [3.63, 3.8) is 0 Å². The third-order valence-electron chi connectivity index (χ3n) is 4.81. The van der Waals surface area contributed by atoms with Crippen LogP contribution in [0.25, 0.3) is 5.57 Å². The molecule has 4 nitrogen and oxygen atoms in total. The summed E-state index contributed by atoms with van der Waals surface area (Å²) in [5.74, 6) is -0.945. The van der Waals surface area contributed by atoms with Crippen LogP contribution >= 0.6 is 34.8 Å². The Morgan fingerprint density at radius 3 is 2.13 bits per heavy atom. The summed E-state index contributed by atoms with van der Waals surface area (Å²) in [7, 11) is 1.74. The van der Waals surface area contributed by atoms with E-state index in [2.05, 4.69) is 0 Å². The Morgan fingerprint density at radius 1 is 0.767 bits per heavy atom. The number of rotatable bonds is 4. The molecule has 0 bridgehead atoms. The Labute approximate surface area is 188 Å². The molecule has 1 aliphatic rings. The third kappa shape index (κ3) is 3.58. The second-order valence-corrected chi connectivity index (χ2v) is 7.95. The van der Waals surface area contributed by atoms with Crippen LogP contribution in [0.5, 0.6) is 0 Å². The molecule has 0 radical (unpaired) electrons. The number of halogens is 3. The zero-order valence-electron chi connectivity index (χ0n) is 15.8. The summed E-state index contributed by atoms with van der Waals surface area (Å²) in [4.78, 5) is 29.8. The zero-order valence-corrected chi connectivity index (χ0v) is 18.0. The molecule has 1 heterocycles. The topological polar surface area (TPSA) is 40.6 Å². The summed E-state index contributed by atoms with van der Waals surface area (Å²) >= 11 is 18.6. The highest BCUT2D eigenvalue weighted by Crippen LogP contribution is 2.39. The van der Waals surface area contributed by atoms with E-state index in [9.17, 15) is 9.59 Å². The number of amides is 2. The van der Waals surface area contributed by atoms with E-state index in [-0.39, 0.29) is 16.3 Å². The maximum Gasteiger partial charge on any atom is 0.282 e. The number of para-hydroxylation sites is 1. The van der Waals surface area contributed by atoms with Crippen LogP contribution in [0.15, 0.2) is 78.5 Å². The van der Waals surface area contributed by atoms with Crippen molar-refractivity contribution in [3.05, 3.63) is 99.1 Å². The van der Waals surface area contributed by atoms with Crippen LogP contribution in [0.1, 0.15) is 5.56 Å². The first kappa shape index (κ1) is 20.5. The molecule has 0 unspecified atom stereocenters. The van der Waals surface area contributed by atoms with E-state index in [4.69, 9.17) is 34.8 Å². The zero-order chi connectivity index (χ0) is 21.4. The number of nitrogens with zero attached hydrogens (tertiary/aromatic N) is 2. The summed E-state index contributed by atoms with van der Waals surface area (Å²) in [5.41, 5.74) is 1.99. The van der Waals surface area contributed by atoms with Crippen molar-refractivity contribution < 1.29 is 9.59 Å². The Hall–Kier alpha value is -2.79. The number of anilines is 2. The molecule has 0 N–H and O–H groups in total. The third-order valence-corrected chi connectivity index (χ3v) is 5.59. The molecule has 2 amide bonds. The van der Waals surface area contributed by atoms with Gasteiger partial charge in [0.15, 0.2) is 0 Å². The SMILES string of the molecule is CN(C1=C(c2ccc(Cl)cc2Cl)C(=O)N(c2cccc(Cl)c2)C1=O)c1ccccc1. The van der Waals surface area contributed by atoms with Crippen molar-refractivity contribution >= 4 is 63.6 Å². The van der Waals surface area contributed by atoms with Crippen LogP contribution in [0, 0.1) is 0 Å². The van der Waals surface area contributed by atoms with E-state index < -0.39 is 11.8 Å². The molecule has 3 aromatic carbocycles. The summed E-state index contributed by atoms with van der Waals surface area (Å²) in [6, 6.07) is 20.7. The van der Waals surface area contributed by atoms with Crippen molar-refractivity contribution in [1.82, 2.24) is 0 Å². The fourth-order valence-electron chi connectivity index (χ4n) is 3.39. The highest BCUT2D eigenvalue weighted by Gasteiger charge is 2.42. The molecule has 0 saturated carbocycles. The second-order valence-electron chi connectivity index (χ2n) is 6.67. The number of carbonyl (C=O) groups is 2. The van der Waals surface area contributed by atoms with E-state index in [1.165, 1.54) is 0 Å². The molecule has 0 aliphatic carbocycles. The molecule has 4 rings (SSSR count). The standard InChI is InChI=1S/C23H15Cl3N2O2/c1-27(16-7-3-2-4-8-16)21-20(18-11-10-15(25)13-19(18)26)22(29)28(23(21)30)17-9-5-6-14(24)12-17/h2-13H,1H3. The first-order chi connectivity index (χ1) is 14.4. The molecule has 0 fully saturated rings. The lowest BCUT2D eigenvalue weighted by Crippen LogP contribution is -2.34. The van der Waals surface area contributed by atoms with Gasteiger partial charge in [-0.2, -0.15) is 0 Å². The predicted molar refractivity (Wildman–Crippen MR) is 122 cm³/mol. The molecule has 150 valence electrons. The molecule has 0 atom stereocenters. The van der Waals surface area contributed by atoms with Gasteiger partial charge < -0.3 is 4.90 Å². The molecule has 1 aliphatic heterocycles. The number of hydrogen-bond donors (Lipinski definition) is 0. The van der Waals surface area contributed by atoms with Crippen LogP contribution in [0.4, 0.5) is 11.4 Å². The van der Waals surface area contributed by atoms with Crippen LogP contribution in [0.3, 0.4) is 0 Å². The fraction of sp³-hybridized carbons (Fsp3) is 0.0435. The average Bonchev–Trinajstić information content (AvgIpc) is 2.98. The minimum absolute atomic E-state index is 0.202. The van der Waals surface area contributed by atoms with Gasteiger partial charge in [-0.25, -0.2) is 4.90 Å². The average molecular weight is 458 g/mol. The van der Waals surface area contributed by atoms with Gasteiger partial charge in [-0.1, -0.05) is 65.1 Å². The van der Waals surface area contributed by atoms with E-state index in [1.54, 1.807) is 54.4 Å². The largest absolute Gasteiger partial charge is 0.339 e. The predicted octanol–water partition coefficient (Wildman–Crippen LogP) is 6.07. The van der Waals surface area contributed by atoms with Gasteiger partial charge in [-0.15, -0.1) is 0 Å². The van der Waals surface area contributed by atoms with Crippen molar-refractivity contribution in [2.24, 2.45) is 0 Å². The van der Waals surface area contributed by atoms with Gasteiger partial charge in [0.05, 0.1) is 16.3 Å². The van der Waals surface area contributed by atoms with Gasteiger partial charge in [-0.3, -0.25) is 9.59 Å². The van der Waals surface area contributed by atoms with Gasteiger partial charge in [0, 0.05) is 28.3 Å². The lowest BCUT2D eigenvalue weighted by molar-refractivity contribution is -0.120. The summed E-state index contributed by atoms with van der Waals surface area (Å²) < 4.78 is 0. The van der Waals surface area contributed by atoms with E-state index in [0.29, 0.717) is 21.3 Å². The smallest absolute Gasteiger partial charge is 0.282 e. The number of carbonyl (C=O) groups excluding carboxylic acids is 2. The van der Waals surface area contributed by atoms with Crippen LogP contribution < -0.4 is 9.80 Å².